The molecule has 0 aliphatic rings. The number of pyridine rings is 1. The van der Waals surface area contributed by atoms with Gasteiger partial charge in [0.05, 0.1) is 5.56 Å². The molecule has 0 amide bonds. The van der Waals surface area contributed by atoms with Gasteiger partial charge in [0.2, 0.25) is 5.78 Å². The predicted molar refractivity (Wildman–Crippen MR) is 90.2 cm³/mol. The smallest absolute Gasteiger partial charge is 0.341 e. The van der Waals surface area contributed by atoms with Crippen LogP contribution in [0.5, 0.6) is 0 Å². The first-order valence-electron chi connectivity index (χ1n) is 6.83. The first-order valence-corrected chi connectivity index (χ1v) is 8.00. The maximum Gasteiger partial charge on any atom is 0.341 e. The number of carbonyl (C=O) groups is 2. The van der Waals surface area contributed by atoms with E-state index in [2.05, 4.69) is 26.2 Å². The number of aromatic nitrogens is 1. The molecule has 1 aromatic heterocycles. The Hall–Kier alpha value is -1.44. The van der Waals surface area contributed by atoms with Crippen molar-refractivity contribution in [2.75, 3.05) is 0 Å². The van der Waals surface area contributed by atoms with Crippen LogP contribution in [0.15, 0.2) is 28.5 Å². The van der Waals surface area contributed by atoms with E-state index in [1.165, 1.54) is 19.2 Å². The molecule has 0 unspecified atom stereocenters. The van der Waals surface area contributed by atoms with Crippen LogP contribution in [-0.2, 0) is 4.79 Å². The highest BCUT2D eigenvalue weighted by molar-refractivity contribution is 9.10. The van der Waals surface area contributed by atoms with Gasteiger partial charge in [-0.05, 0) is 41.3 Å². The number of aliphatic hydroxyl groups is 1. The predicted octanol–water partition coefficient (Wildman–Crippen LogP) is 2.99. The number of carbonyl (C=O) groups excluding carboxylic acids is 1. The van der Waals surface area contributed by atoms with Crippen LogP contribution in [-0.4, -0.2) is 32.7 Å². The zero-order chi connectivity index (χ0) is 17.8. The van der Waals surface area contributed by atoms with E-state index in [9.17, 15) is 19.8 Å². The first-order chi connectivity index (χ1) is 10.5. The van der Waals surface area contributed by atoms with E-state index in [1.54, 1.807) is 0 Å². The van der Waals surface area contributed by atoms with Crippen molar-refractivity contribution in [2.45, 2.75) is 32.9 Å². The minimum Gasteiger partial charge on any atom is -0.477 e. The number of nitrogens with zero attached hydrogens (tertiary/aromatic N) is 1. The van der Waals surface area contributed by atoms with Crippen LogP contribution in [0.25, 0.3) is 0 Å². The average molecular weight is 406 g/mol. The number of carboxylic acid groups (broad SMARTS) is 1. The highest BCUT2D eigenvalue weighted by Gasteiger charge is 2.25. The summed E-state index contributed by atoms with van der Waals surface area (Å²) in [4.78, 5) is 27.5. The third kappa shape index (κ3) is 5.93. The number of ketones is 1. The molecule has 0 aromatic carbocycles. The fraction of sp³-hybridized carbons (Fsp3) is 0.400. The van der Waals surface area contributed by atoms with Crippen LogP contribution >= 0.6 is 27.5 Å². The number of rotatable bonds is 7. The van der Waals surface area contributed by atoms with Crippen molar-refractivity contribution in [3.63, 3.8) is 0 Å². The number of hydrogen-bond acceptors (Lipinski definition) is 5. The number of Topliss-reactive ketones (excluding diaryl/α,β-unsaturated/α-hetero) is 1. The SMILES string of the molecule is CC(C)C[C@](C)(O)N/C=C(\C(=O)O)C(=O)c1cc(Br)cnc1Cl. The summed E-state index contributed by atoms with van der Waals surface area (Å²) in [5, 5.41) is 21.9. The lowest BCUT2D eigenvalue weighted by Crippen LogP contribution is -2.40. The summed E-state index contributed by atoms with van der Waals surface area (Å²) in [6.45, 7) is 5.33. The molecule has 3 N–H and O–H groups in total. The number of halogens is 2. The van der Waals surface area contributed by atoms with Crippen LogP contribution in [0.2, 0.25) is 5.15 Å². The minimum absolute atomic E-state index is 0.0417. The molecule has 0 aliphatic heterocycles. The topological polar surface area (TPSA) is 99.5 Å². The van der Waals surface area contributed by atoms with E-state index < -0.39 is 23.1 Å². The van der Waals surface area contributed by atoms with E-state index in [0.717, 1.165) is 6.20 Å². The molecule has 0 radical (unpaired) electrons. The molecule has 0 saturated heterocycles. The molecule has 126 valence electrons. The Balaban J connectivity index is 3.11. The standard InChI is InChI=1S/C15H18BrClN2O4/c1-8(2)5-15(3,23)19-7-11(14(21)22)12(20)10-4-9(16)6-18-13(10)17/h4,6-8,19,23H,5H2,1-3H3,(H,21,22)/b11-7-/t15-/m0/s1. The summed E-state index contributed by atoms with van der Waals surface area (Å²) in [7, 11) is 0. The van der Waals surface area contributed by atoms with Gasteiger partial charge in [-0.25, -0.2) is 9.78 Å². The van der Waals surface area contributed by atoms with Crippen LogP contribution in [0.3, 0.4) is 0 Å². The van der Waals surface area contributed by atoms with Crippen molar-refractivity contribution < 1.29 is 19.8 Å². The van der Waals surface area contributed by atoms with Gasteiger partial charge in [0.15, 0.2) is 0 Å². The molecular formula is C15H18BrClN2O4. The van der Waals surface area contributed by atoms with Gasteiger partial charge in [0.1, 0.15) is 16.5 Å². The summed E-state index contributed by atoms with van der Waals surface area (Å²) < 4.78 is 0.495. The van der Waals surface area contributed by atoms with E-state index >= 15 is 0 Å². The molecule has 1 heterocycles. The van der Waals surface area contributed by atoms with E-state index in [0.29, 0.717) is 10.9 Å². The Morgan fingerprint density at radius 1 is 1.52 bits per heavy atom. The van der Waals surface area contributed by atoms with Gasteiger partial charge >= 0.3 is 5.97 Å². The highest BCUT2D eigenvalue weighted by atomic mass is 79.9. The van der Waals surface area contributed by atoms with E-state index in [1.807, 2.05) is 13.8 Å². The highest BCUT2D eigenvalue weighted by Crippen LogP contribution is 2.21. The molecular weight excluding hydrogens is 388 g/mol. The zero-order valence-corrected chi connectivity index (χ0v) is 15.3. The number of carboxylic acids is 1. The maximum atomic E-state index is 12.4. The summed E-state index contributed by atoms with van der Waals surface area (Å²) in [6.07, 6.45) is 2.77. The summed E-state index contributed by atoms with van der Waals surface area (Å²) >= 11 is 9.01. The first kappa shape index (κ1) is 19.6. The molecule has 1 atom stereocenters. The third-order valence-corrected chi connectivity index (χ3v) is 3.59. The molecule has 1 aromatic rings. The summed E-state index contributed by atoms with van der Waals surface area (Å²) in [5.74, 6) is -2.05. The quantitative estimate of drug-likeness (QED) is 0.161. The molecule has 0 saturated carbocycles. The van der Waals surface area contributed by atoms with Crippen molar-refractivity contribution in [1.29, 1.82) is 0 Å². The Morgan fingerprint density at radius 3 is 2.65 bits per heavy atom. The Morgan fingerprint density at radius 2 is 2.13 bits per heavy atom. The largest absolute Gasteiger partial charge is 0.477 e. The maximum absolute atomic E-state index is 12.4. The van der Waals surface area contributed by atoms with Gasteiger partial charge in [0.25, 0.3) is 0 Å². The van der Waals surface area contributed by atoms with Gasteiger partial charge in [-0.1, -0.05) is 25.4 Å². The van der Waals surface area contributed by atoms with Crippen LogP contribution in [0, 0.1) is 5.92 Å². The van der Waals surface area contributed by atoms with Crippen molar-refractivity contribution in [1.82, 2.24) is 10.3 Å². The molecule has 0 aliphatic carbocycles. The molecule has 0 fully saturated rings. The molecule has 6 nitrogen and oxygen atoms in total. The van der Waals surface area contributed by atoms with Crippen LogP contribution in [0.4, 0.5) is 0 Å². The Bertz CT molecular complexity index is 644. The number of aliphatic carboxylic acids is 1. The van der Waals surface area contributed by atoms with Crippen molar-refractivity contribution in [3.05, 3.63) is 39.2 Å². The summed E-state index contributed by atoms with van der Waals surface area (Å²) in [6, 6.07) is 1.39. The second-order valence-corrected chi connectivity index (χ2v) is 6.97. The lowest BCUT2D eigenvalue weighted by Gasteiger charge is -2.26. The molecule has 0 bridgehead atoms. The number of nitrogens with one attached hydrogen (secondary N) is 1. The van der Waals surface area contributed by atoms with Gasteiger partial charge in [-0.15, -0.1) is 0 Å². The Kier molecular flexibility index (Phi) is 6.73. The van der Waals surface area contributed by atoms with E-state index in [-0.39, 0.29) is 16.6 Å². The number of hydrogen-bond donors (Lipinski definition) is 3. The average Bonchev–Trinajstić information content (AvgIpc) is 2.39. The third-order valence-electron chi connectivity index (χ3n) is 2.86. The second kappa shape index (κ2) is 7.90. The monoisotopic (exact) mass is 404 g/mol. The molecule has 23 heavy (non-hydrogen) atoms. The lowest BCUT2D eigenvalue weighted by molar-refractivity contribution is -0.132. The minimum atomic E-state index is -1.43. The summed E-state index contributed by atoms with van der Waals surface area (Å²) in [5.41, 5.74) is -1.93. The fourth-order valence-corrected chi connectivity index (χ4v) is 2.55. The normalized spacial score (nSPS) is 14.5. The molecule has 1 rings (SSSR count). The van der Waals surface area contributed by atoms with Gasteiger partial charge in [0, 0.05) is 16.9 Å². The lowest BCUT2D eigenvalue weighted by atomic mass is 10.0. The molecule has 0 spiro atoms. The van der Waals surface area contributed by atoms with Gasteiger partial charge in [-0.2, -0.15) is 0 Å². The van der Waals surface area contributed by atoms with Gasteiger partial charge in [-0.3, -0.25) is 4.79 Å². The van der Waals surface area contributed by atoms with E-state index in [4.69, 9.17) is 11.6 Å². The zero-order valence-electron chi connectivity index (χ0n) is 12.9. The van der Waals surface area contributed by atoms with Crippen LogP contribution < -0.4 is 5.32 Å². The molecule has 8 heteroatoms. The fourth-order valence-electron chi connectivity index (χ4n) is 2.03. The van der Waals surface area contributed by atoms with Crippen molar-refractivity contribution in [3.8, 4) is 0 Å². The van der Waals surface area contributed by atoms with Crippen molar-refractivity contribution >= 4 is 39.3 Å². The second-order valence-electron chi connectivity index (χ2n) is 5.70. The Labute approximate surface area is 147 Å². The van der Waals surface area contributed by atoms with Crippen molar-refractivity contribution in [2.24, 2.45) is 5.92 Å². The van der Waals surface area contributed by atoms with Crippen LogP contribution in [0.1, 0.15) is 37.6 Å². The van der Waals surface area contributed by atoms with Gasteiger partial charge < -0.3 is 15.5 Å².